The highest BCUT2D eigenvalue weighted by Crippen LogP contribution is 2.15. The van der Waals surface area contributed by atoms with E-state index in [0.29, 0.717) is 12.3 Å². The van der Waals surface area contributed by atoms with E-state index in [2.05, 4.69) is 27.6 Å². The molecule has 0 aliphatic carbocycles. The lowest BCUT2D eigenvalue weighted by molar-refractivity contribution is 0.214. The third kappa shape index (κ3) is 6.57. The Balaban J connectivity index is 0.00000242. The van der Waals surface area contributed by atoms with E-state index in [4.69, 9.17) is 0 Å². The summed E-state index contributed by atoms with van der Waals surface area (Å²) in [6.07, 6.45) is 3.14. The van der Waals surface area contributed by atoms with Crippen molar-refractivity contribution in [3.8, 4) is 0 Å². The predicted octanol–water partition coefficient (Wildman–Crippen LogP) is 0.688. The lowest BCUT2D eigenvalue weighted by atomic mass is 9.99. The molecule has 0 amide bonds. The van der Waals surface area contributed by atoms with E-state index in [-0.39, 0.29) is 41.5 Å². The van der Waals surface area contributed by atoms with Gasteiger partial charge in [-0.15, -0.1) is 24.0 Å². The highest BCUT2D eigenvalue weighted by Gasteiger charge is 2.28. The average molecular weight is 444 g/mol. The molecule has 8 heteroatoms. The summed E-state index contributed by atoms with van der Waals surface area (Å²) in [6.45, 7) is 5.89. The summed E-state index contributed by atoms with van der Waals surface area (Å²) in [5, 5.41) is 6.49. The molecular weight excluding hydrogens is 415 g/mol. The fraction of sp³-hybridized carbons (Fsp3) is 0.929. The zero-order chi connectivity index (χ0) is 15.3. The monoisotopic (exact) mass is 444 g/mol. The number of halogens is 1. The van der Waals surface area contributed by atoms with E-state index in [0.717, 1.165) is 25.6 Å². The maximum absolute atomic E-state index is 11.5. The van der Waals surface area contributed by atoms with Crippen LogP contribution >= 0.6 is 24.0 Å². The fourth-order valence-corrected chi connectivity index (χ4v) is 4.74. The van der Waals surface area contributed by atoms with Gasteiger partial charge < -0.3 is 15.5 Å². The molecule has 130 valence electrons. The van der Waals surface area contributed by atoms with Crippen LogP contribution in [0.2, 0.25) is 0 Å². The third-order valence-electron chi connectivity index (χ3n) is 4.15. The normalized spacial score (nSPS) is 28.9. The predicted molar refractivity (Wildman–Crippen MR) is 102 cm³/mol. The fourth-order valence-electron chi connectivity index (χ4n) is 3.06. The van der Waals surface area contributed by atoms with Crippen molar-refractivity contribution in [1.29, 1.82) is 0 Å². The van der Waals surface area contributed by atoms with Crippen molar-refractivity contribution < 1.29 is 8.42 Å². The van der Waals surface area contributed by atoms with Crippen molar-refractivity contribution in [3.05, 3.63) is 0 Å². The number of rotatable bonds is 4. The molecule has 0 radical (unpaired) electrons. The van der Waals surface area contributed by atoms with Crippen molar-refractivity contribution in [2.45, 2.75) is 32.2 Å². The van der Waals surface area contributed by atoms with E-state index in [1.165, 1.54) is 19.4 Å². The molecule has 0 aromatic rings. The Bertz CT molecular complexity index is 469. The maximum Gasteiger partial charge on any atom is 0.191 e. The minimum absolute atomic E-state index is 0. The summed E-state index contributed by atoms with van der Waals surface area (Å²) in [7, 11) is -0.695. The zero-order valence-electron chi connectivity index (χ0n) is 13.5. The van der Waals surface area contributed by atoms with Crippen LogP contribution in [-0.2, 0) is 9.84 Å². The Kier molecular flexibility index (Phi) is 8.40. The Morgan fingerprint density at radius 2 is 2.14 bits per heavy atom. The molecule has 2 aliphatic rings. The minimum atomic E-state index is -2.85. The van der Waals surface area contributed by atoms with Crippen molar-refractivity contribution in [3.63, 3.8) is 0 Å². The number of hydrogen-bond acceptors (Lipinski definition) is 4. The standard InChI is InChI=1S/C14H28N4O2S.HI/c1-3-15-14(17-13-6-8-21(19,20)11-13)16-9-12-5-4-7-18(2)10-12;/h12-13H,3-11H2,1-2H3,(H2,15,16,17);1H. The second-order valence-corrected chi connectivity index (χ2v) is 8.46. The van der Waals surface area contributed by atoms with Gasteiger partial charge in [0.25, 0.3) is 0 Å². The molecule has 2 aliphatic heterocycles. The van der Waals surface area contributed by atoms with Gasteiger partial charge in [0, 0.05) is 25.7 Å². The summed E-state index contributed by atoms with van der Waals surface area (Å²) < 4.78 is 23.0. The van der Waals surface area contributed by atoms with Gasteiger partial charge in [0.1, 0.15) is 0 Å². The SMILES string of the molecule is CCNC(=NCC1CCCN(C)C1)NC1CCS(=O)(=O)C1.I. The van der Waals surface area contributed by atoms with Crippen molar-refractivity contribution in [2.75, 3.05) is 44.7 Å². The maximum atomic E-state index is 11.5. The molecule has 2 saturated heterocycles. The van der Waals surface area contributed by atoms with Gasteiger partial charge in [0.05, 0.1) is 11.5 Å². The number of aliphatic imine (C=N–C) groups is 1. The summed E-state index contributed by atoms with van der Waals surface area (Å²) in [5.74, 6) is 1.88. The molecule has 2 fully saturated rings. The number of piperidine rings is 1. The summed E-state index contributed by atoms with van der Waals surface area (Å²) in [5.41, 5.74) is 0. The Morgan fingerprint density at radius 1 is 1.36 bits per heavy atom. The number of sulfone groups is 1. The van der Waals surface area contributed by atoms with Crippen LogP contribution in [0.25, 0.3) is 0 Å². The smallest absolute Gasteiger partial charge is 0.191 e. The molecule has 2 N–H and O–H groups in total. The first-order valence-corrected chi connectivity index (χ1v) is 9.74. The van der Waals surface area contributed by atoms with Gasteiger partial charge in [-0.2, -0.15) is 0 Å². The van der Waals surface area contributed by atoms with Gasteiger partial charge in [-0.1, -0.05) is 0 Å². The number of hydrogen-bond donors (Lipinski definition) is 2. The van der Waals surface area contributed by atoms with Gasteiger partial charge >= 0.3 is 0 Å². The molecule has 0 bridgehead atoms. The molecule has 0 aromatic heterocycles. The Morgan fingerprint density at radius 3 is 2.73 bits per heavy atom. The van der Waals surface area contributed by atoms with Gasteiger partial charge in [-0.3, -0.25) is 4.99 Å². The average Bonchev–Trinajstić information content (AvgIpc) is 2.76. The van der Waals surface area contributed by atoms with Crippen LogP contribution in [0.5, 0.6) is 0 Å². The Labute approximate surface area is 151 Å². The van der Waals surface area contributed by atoms with Crippen LogP contribution in [0.4, 0.5) is 0 Å². The third-order valence-corrected chi connectivity index (χ3v) is 5.92. The van der Waals surface area contributed by atoms with Gasteiger partial charge in [0.2, 0.25) is 0 Å². The minimum Gasteiger partial charge on any atom is -0.357 e. The summed E-state index contributed by atoms with van der Waals surface area (Å²) in [6, 6.07) is 0.00169. The van der Waals surface area contributed by atoms with E-state index in [9.17, 15) is 8.42 Å². The topological polar surface area (TPSA) is 73.8 Å². The second-order valence-electron chi connectivity index (χ2n) is 6.23. The van der Waals surface area contributed by atoms with E-state index in [1.54, 1.807) is 0 Å². The highest BCUT2D eigenvalue weighted by atomic mass is 127. The summed E-state index contributed by atoms with van der Waals surface area (Å²) >= 11 is 0. The Hall–Kier alpha value is -0.0900. The number of nitrogens with zero attached hydrogens (tertiary/aromatic N) is 2. The van der Waals surface area contributed by atoms with Gasteiger partial charge in [-0.05, 0) is 45.7 Å². The van der Waals surface area contributed by atoms with Gasteiger partial charge in [-0.25, -0.2) is 8.42 Å². The second kappa shape index (κ2) is 9.27. The van der Waals surface area contributed by atoms with Crippen LogP contribution in [0.15, 0.2) is 4.99 Å². The van der Waals surface area contributed by atoms with Crippen LogP contribution in [0.1, 0.15) is 26.2 Å². The molecular formula is C14H29IN4O2S. The molecule has 2 rings (SSSR count). The molecule has 2 atom stereocenters. The lowest BCUT2D eigenvalue weighted by Crippen LogP contribution is -2.44. The molecule has 6 nitrogen and oxygen atoms in total. The zero-order valence-corrected chi connectivity index (χ0v) is 16.7. The molecule has 0 aromatic carbocycles. The van der Waals surface area contributed by atoms with Crippen molar-refractivity contribution >= 4 is 39.8 Å². The van der Waals surface area contributed by atoms with Crippen LogP contribution < -0.4 is 10.6 Å². The first-order valence-electron chi connectivity index (χ1n) is 7.92. The van der Waals surface area contributed by atoms with Crippen LogP contribution in [0.3, 0.4) is 0 Å². The highest BCUT2D eigenvalue weighted by molar-refractivity contribution is 14.0. The molecule has 0 spiro atoms. The van der Waals surface area contributed by atoms with E-state index >= 15 is 0 Å². The first kappa shape index (κ1) is 20.0. The molecule has 22 heavy (non-hydrogen) atoms. The first-order chi connectivity index (χ1) is 9.98. The van der Waals surface area contributed by atoms with E-state index < -0.39 is 9.84 Å². The number of nitrogens with one attached hydrogen (secondary N) is 2. The van der Waals surface area contributed by atoms with E-state index in [1.807, 2.05) is 6.92 Å². The molecule has 0 saturated carbocycles. The van der Waals surface area contributed by atoms with Gasteiger partial charge in [0.15, 0.2) is 15.8 Å². The van der Waals surface area contributed by atoms with Crippen LogP contribution in [-0.4, -0.2) is 70.1 Å². The largest absolute Gasteiger partial charge is 0.357 e. The quantitative estimate of drug-likeness (QED) is 0.379. The lowest BCUT2D eigenvalue weighted by Gasteiger charge is -2.28. The van der Waals surface area contributed by atoms with Crippen molar-refractivity contribution in [2.24, 2.45) is 10.9 Å². The molecule has 2 unspecified atom stereocenters. The van der Waals surface area contributed by atoms with Crippen LogP contribution in [0, 0.1) is 5.92 Å². The number of guanidine groups is 1. The molecule has 2 heterocycles. The number of likely N-dealkylation sites (tertiary alicyclic amines) is 1. The summed E-state index contributed by atoms with van der Waals surface area (Å²) in [4.78, 5) is 7.01. The van der Waals surface area contributed by atoms with Crippen molar-refractivity contribution in [1.82, 2.24) is 15.5 Å².